The van der Waals surface area contributed by atoms with Gasteiger partial charge >= 0.3 is 6.18 Å². The molecule has 1 aromatic heterocycles. The van der Waals surface area contributed by atoms with Gasteiger partial charge in [0.2, 0.25) is 11.7 Å². The van der Waals surface area contributed by atoms with E-state index in [9.17, 15) is 28.2 Å². The summed E-state index contributed by atoms with van der Waals surface area (Å²) in [6.07, 6.45) is 5.46. The average molecular weight is 934 g/mol. The summed E-state index contributed by atoms with van der Waals surface area (Å²) in [6, 6.07) is 25.5. The summed E-state index contributed by atoms with van der Waals surface area (Å²) < 4.78 is 58.7. The van der Waals surface area contributed by atoms with Crippen molar-refractivity contribution < 1.29 is 46.9 Å². The number of rotatable bonds is 11. The first kappa shape index (κ1) is 45.4. The van der Waals surface area contributed by atoms with E-state index in [-0.39, 0.29) is 70.6 Å². The van der Waals surface area contributed by atoms with Crippen LogP contribution in [-0.4, -0.2) is 59.3 Å². The molecule has 3 fully saturated rings. The van der Waals surface area contributed by atoms with E-state index in [0.29, 0.717) is 55.6 Å². The fourth-order valence-electron chi connectivity index (χ4n) is 13.7. The van der Waals surface area contributed by atoms with Crippen molar-refractivity contribution in [1.82, 2.24) is 4.90 Å². The van der Waals surface area contributed by atoms with Gasteiger partial charge in [-0.2, -0.15) is 13.2 Å². The van der Waals surface area contributed by atoms with Crippen LogP contribution in [-0.2, 0) is 23.9 Å². The molecule has 6 aliphatic rings. The zero-order chi connectivity index (χ0) is 47.3. The molecule has 0 aliphatic heterocycles. The number of Topliss-reactive ketones (excluding diaryl/α,β-unsaturated/α-hetero) is 1. The molecule has 0 saturated heterocycles. The number of ketones is 1. The first-order valence-corrected chi connectivity index (χ1v) is 23.6. The Hall–Kier alpha value is -5.36. The quantitative estimate of drug-likeness (QED) is 0.100. The van der Waals surface area contributed by atoms with E-state index in [2.05, 4.69) is 32.1 Å². The lowest BCUT2D eigenvalue weighted by Gasteiger charge is -2.71. The van der Waals surface area contributed by atoms with Gasteiger partial charge < -0.3 is 29.0 Å². The molecule has 2 spiro atoms. The van der Waals surface area contributed by atoms with E-state index in [1.165, 1.54) is 18.2 Å². The molecule has 8 nitrogen and oxygen atoms in total. The topological polar surface area (TPSA) is 109 Å². The molecular weight excluding hydrogens is 879 g/mol. The van der Waals surface area contributed by atoms with Crippen LogP contribution in [0.5, 0.6) is 11.5 Å². The van der Waals surface area contributed by atoms with Gasteiger partial charge in [0.15, 0.2) is 17.3 Å². The summed E-state index contributed by atoms with van der Waals surface area (Å²) in [7, 11) is 3.12. The van der Waals surface area contributed by atoms with Gasteiger partial charge in [0, 0.05) is 33.9 Å². The van der Waals surface area contributed by atoms with Crippen molar-refractivity contribution >= 4 is 34.1 Å². The van der Waals surface area contributed by atoms with E-state index in [1.54, 1.807) is 31.3 Å². The minimum absolute atomic E-state index is 0.0204. The highest BCUT2D eigenvalue weighted by Gasteiger charge is 2.74. The Bertz CT molecular complexity index is 2870. The van der Waals surface area contributed by atoms with Crippen molar-refractivity contribution in [2.45, 2.75) is 89.6 Å². The Balaban J connectivity index is 1.04. The van der Waals surface area contributed by atoms with Gasteiger partial charge in [0.05, 0.1) is 49.5 Å². The van der Waals surface area contributed by atoms with Gasteiger partial charge in [-0.05, 0) is 127 Å². The fourth-order valence-corrected chi connectivity index (χ4v) is 13.9. The molecular formula is C55H55ClF3NO7. The number of hydrogen-bond donors (Lipinski definition) is 2. The highest BCUT2D eigenvalue weighted by Crippen LogP contribution is 2.78. The molecule has 2 N–H and O–H groups in total. The molecule has 12 heteroatoms. The van der Waals surface area contributed by atoms with E-state index < -0.39 is 39.7 Å². The van der Waals surface area contributed by atoms with Gasteiger partial charge in [0.1, 0.15) is 5.76 Å². The number of halogens is 4. The summed E-state index contributed by atoms with van der Waals surface area (Å²) in [4.78, 5) is 32.0. The van der Waals surface area contributed by atoms with Crippen molar-refractivity contribution in [2.75, 3.05) is 20.8 Å². The first-order chi connectivity index (χ1) is 31.9. The minimum atomic E-state index is -4.62. The molecule has 4 aromatic carbocycles. The molecule has 1 unspecified atom stereocenters. The number of benzene rings is 4. The monoisotopic (exact) mass is 933 g/mol. The normalized spacial score (nSPS) is 30.6. The number of carbonyl (C=O) groups is 2. The van der Waals surface area contributed by atoms with E-state index in [1.807, 2.05) is 48.5 Å². The second-order valence-corrected chi connectivity index (χ2v) is 20.7. The zero-order valence-electron chi connectivity index (χ0n) is 38.1. The van der Waals surface area contributed by atoms with Crippen LogP contribution >= 0.6 is 11.6 Å². The lowest BCUT2D eigenvalue weighted by molar-refractivity contribution is -0.178. The second-order valence-electron chi connectivity index (χ2n) is 20.2. The molecule has 1 heterocycles. The predicted octanol–water partition coefficient (Wildman–Crippen LogP) is 11.8. The van der Waals surface area contributed by atoms with Crippen LogP contribution in [0, 0.1) is 33.5 Å². The Morgan fingerprint density at radius 3 is 2.36 bits per heavy atom. The number of aliphatic hydroxyl groups excluding tert-OH is 1. The third kappa shape index (κ3) is 7.00. The Kier molecular flexibility index (Phi) is 10.9. The van der Waals surface area contributed by atoms with Crippen LogP contribution in [0.3, 0.4) is 0 Å². The van der Waals surface area contributed by atoms with E-state index in [4.69, 9.17) is 25.5 Å². The van der Waals surface area contributed by atoms with Crippen molar-refractivity contribution in [3.8, 4) is 22.8 Å². The SMILES string of the molecule is COc1ccc(CC(=O)N(Cc2cccc3ccccc23)C[C@]2(O)CC[C@H]3[C@]45C=C[C@@]6(C=C4C(=O)c4ccc(-c7cc(C(F)(F)F)ccc7Cl)o4)CC(O)CC[C@]6(C)[C@H]5CC[C@@]32C)cc1OC. The highest BCUT2D eigenvalue weighted by molar-refractivity contribution is 6.33. The number of allylic oxidation sites excluding steroid dienone is 4. The lowest BCUT2D eigenvalue weighted by Crippen LogP contribution is -2.67. The number of amides is 1. The standard InChI is InChI=1S/C55H55ClF3NO7/c1-50-21-18-37(61)29-52(50)24-25-54(40(30-52)49(63)44-17-16-42(67-44)39-28-36(55(57,58)59)13-14-41(39)56)46(50)19-22-51(2)47(54)20-23-53(51,64)32-60(31-35-10-7-9-34-8-5-6-11-38(34)35)48(62)27-33-12-15-43(65-3)45(26-33)66-4/h5-17,24-26,28,30,37,46-47,61,64H,18-23,27,29,31-32H2,1-4H3/t37?,46-,47-,50-,51+,52+,53-,54-/m1/s1. The number of fused-ring (bicyclic) bond motifs is 2. The number of furan rings is 1. The number of ether oxygens (including phenoxy) is 2. The first-order valence-electron chi connectivity index (χ1n) is 23.2. The maximum atomic E-state index is 15.3. The number of nitrogens with zero attached hydrogens (tertiary/aromatic N) is 1. The molecule has 350 valence electrons. The van der Waals surface area contributed by atoms with E-state index in [0.717, 1.165) is 40.5 Å². The third-order valence-electron chi connectivity index (χ3n) is 17.2. The molecule has 1 amide bonds. The molecule has 11 rings (SSSR count). The van der Waals surface area contributed by atoms with Crippen molar-refractivity contribution in [3.63, 3.8) is 0 Å². The molecule has 5 aromatic rings. The van der Waals surface area contributed by atoms with Crippen molar-refractivity contribution in [3.05, 3.63) is 142 Å². The number of aliphatic hydroxyl groups is 2. The summed E-state index contributed by atoms with van der Waals surface area (Å²) in [5.41, 5.74) is -2.61. The van der Waals surface area contributed by atoms with Crippen molar-refractivity contribution in [2.24, 2.45) is 33.5 Å². The summed E-state index contributed by atoms with van der Waals surface area (Å²) >= 11 is 6.44. The minimum Gasteiger partial charge on any atom is -0.493 e. The molecule has 2 bridgehead atoms. The third-order valence-corrected chi connectivity index (χ3v) is 17.5. The molecule has 6 aliphatic carbocycles. The molecule has 67 heavy (non-hydrogen) atoms. The van der Waals surface area contributed by atoms with Gasteiger partial charge in [-0.1, -0.05) is 92.2 Å². The lowest BCUT2D eigenvalue weighted by atomic mass is 9.32. The molecule has 8 atom stereocenters. The van der Waals surface area contributed by atoms with Gasteiger partial charge in [-0.25, -0.2) is 0 Å². The van der Waals surface area contributed by atoms with Crippen molar-refractivity contribution in [1.29, 1.82) is 0 Å². The number of hydrogen-bond acceptors (Lipinski definition) is 7. The maximum Gasteiger partial charge on any atom is 0.416 e. The van der Waals surface area contributed by atoms with Gasteiger partial charge in [0.25, 0.3) is 0 Å². The number of alkyl halides is 3. The highest BCUT2D eigenvalue weighted by atomic mass is 35.5. The smallest absolute Gasteiger partial charge is 0.416 e. The Morgan fingerprint density at radius 2 is 1.58 bits per heavy atom. The fraction of sp³-hybridized carbons (Fsp3) is 0.418. The molecule has 0 radical (unpaired) electrons. The molecule has 3 saturated carbocycles. The van der Waals surface area contributed by atoms with Gasteiger partial charge in [-0.15, -0.1) is 0 Å². The maximum absolute atomic E-state index is 15.3. The zero-order valence-corrected chi connectivity index (χ0v) is 38.8. The predicted molar refractivity (Wildman–Crippen MR) is 250 cm³/mol. The van der Waals surface area contributed by atoms with Crippen LogP contribution in [0.25, 0.3) is 22.1 Å². The number of methoxy groups -OCH3 is 2. The average Bonchev–Trinajstić information content (AvgIpc) is 3.90. The summed E-state index contributed by atoms with van der Waals surface area (Å²) in [5.74, 6) is 0.248. The Morgan fingerprint density at radius 1 is 0.851 bits per heavy atom. The Labute approximate surface area is 393 Å². The van der Waals surface area contributed by atoms with Crippen LogP contribution in [0.15, 0.2) is 119 Å². The number of carbonyl (C=O) groups excluding carboxylic acids is 2. The summed E-state index contributed by atoms with van der Waals surface area (Å²) in [6.45, 7) is 4.74. The summed E-state index contributed by atoms with van der Waals surface area (Å²) in [5, 5.41) is 26.8. The van der Waals surface area contributed by atoms with Crippen LogP contribution in [0.4, 0.5) is 13.2 Å². The second kappa shape index (κ2) is 16.1. The van der Waals surface area contributed by atoms with Crippen LogP contribution in [0.2, 0.25) is 5.02 Å². The van der Waals surface area contributed by atoms with Gasteiger partial charge in [-0.3, -0.25) is 9.59 Å². The largest absolute Gasteiger partial charge is 0.493 e. The van der Waals surface area contributed by atoms with E-state index >= 15 is 4.79 Å². The van der Waals surface area contributed by atoms with Crippen LogP contribution < -0.4 is 9.47 Å². The van der Waals surface area contributed by atoms with Crippen LogP contribution in [0.1, 0.15) is 86.0 Å².